The second-order valence-electron chi connectivity index (χ2n) is 5.63. The number of aliphatic imine (C=N–C) groups is 1. The van der Waals surface area contributed by atoms with Crippen LogP contribution < -0.4 is 10.6 Å². The molecule has 0 atom stereocenters. The van der Waals surface area contributed by atoms with E-state index in [4.69, 9.17) is 0 Å². The molecule has 0 unspecified atom stereocenters. The molecule has 6 nitrogen and oxygen atoms in total. The molecule has 1 rings (SSSR count). The van der Waals surface area contributed by atoms with Crippen LogP contribution in [0.25, 0.3) is 0 Å². The number of benzene rings is 1. The lowest BCUT2D eigenvalue weighted by Gasteiger charge is -2.23. The van der Waals surface area contributed by atoms with Crippen LogP contribution >= 0.6 is 0 Å². The Kier molecular flexibility index (Phi) is 5.90. The fraction of sp³-hybridized carbons (Fsp3) is 0.400. The highest BCUT2D eigenvalue weighted by molar-refractivity contribution is 5.80. The second-order valence-corrected chi connectivity index (χ2v) is 5.63. The molecule has 0 aromatic heterocycles. The summed E-state index contributed by atoms with van der Waals surface area (Å²) in [5, 5.41) is 17.0. The third-order valence-electron chi connectivity index (χ3n) is 2.47. The number of nitrogens with zero attached hydrogens (tertiary/aromatic N) is 2. The van der Waals surface area contributed by atoms with E-state index in [1.165, 1.54) is 12.1 Å². The summed E-state index contributed by atoms with van der Waals surface area (Å²) < 4.78 is 0. The first kappa shape index (κ1) is 16.7. The summed E-state index contributed by atoms with van der Waals surface area (Å²) >= 11 is 0. The third-order valence-corrected chi connectivity index (χ3v) is 2.47. The standard InChI is InChI=1S/C15H22N4O2/c1-5-10-16-14(18-15(2,3)4)17-11-12-6-8-13(9-7-12)19(20)21/h5-9H,1,10-11H2,2-4H3,(H2,16,17,18). The van der Waals surface area contributed by atoms with Crippen molar-refractivity contribution in [3.05, 3.63) is 52.6 Å². The maximum absolute atomic E-state index is 10.6. The average molecular weight is 290 g/mol. The maximum Gasteiger partial charge on any atom is 0.269 e. The number of rotatable bonds is 5. The Balaban J connectivity index is 2.75. The van der Waals surface area contributed by atoms with Crippen molar-refractivity contribution in [2.45, 2.75) is 32.9 Å². The molecule has 0 radical (unpaired) electrons. The van der Waals surface area contributed by atoms with Crippen LogP contribution in [0.2, 0.25) is 0 Å². The van der Waals surface area contributed by atoms with Gasteiger partial charge in [-0.3, -0.25) is 10.1 Å². The van der Waals surface area contributed by atoms with Gasteiger partial charge >= 0.3 is 0 Å². The van der Waals surface area contributed by atoms with Gasteiger partial charge < -0.3 is 10.6 Å². The number of hydrogen-bond donors (Lipinski definition) is 2. The number of nitro benzene ring substituents is 1. The van der Waals surface area contributed by atoms with Gasteiger partial charge in [-0.05, 0) is 26.3 Å². The van der Waals surface area contributed by atoms with Crippen molar-refractivity contribution in [2.75, 3.05) is 6.54 Å². The van der Waals surface area contributed by atoms with E-state index in [1.54, 1.807) is 18.2 Å². The molecule has 0 bridgehead atoms. The van der Waals surface area contributed by atoms with Gasteiger partial charge in [-0.2, -0.15) is 0 Å². The van der Waals surface area contributed by atoms with E-state index in [9.17, 15) is 10.1 Å². The van der Waals surface area contributed by atoms with Crippen molar-refractivity contribution < 1.29 is 4.92 Å². The molecule has 0 aliphatic rings. The van der Waals surface area contributed by atoms with E-state index in [0.717, 1.165) is 5.56 Å². The van der Waals surface area contributed by atoms with E-state index in [0.29, 0.717) is 19.0 Å². The van der Waals surface area contributed by atoms with Crippen LogP contribution in [0.1, 0.15) is 26.3 Å². The number of nitrogens with one attached hydrogen (secondary N) is 2. The molecular weight excluding hydrogens is 268 g/mol. The van der Waals surface area contributed by atoms with Crippen LogP contribution in [0.5, 0.6) is 0 Å². The van der Waals surface area contributed by atoms with Gasteiger partial charge in [-0.25, -0.2) is 4.99 Å². The van der Waals surface area contributed by atoms with E-state index < -0.39 is 4.92 Å². The minimum atomic E-state index is -0.411. The fourth-order valence-electron chi connectivity index (χ4n) is 1.56. The van der Waals surface area contributed by atoms with Crippen LogP contribution in [0.4, 0.5) is 5.69 Å². The average Bonchev–Trinajstić information content (AvgIpc) is 2.41. The number of non-ortho nitro benzene ring substituents is 1. The molecule has 0 amide bonds. The molecule has 0 aliphatic heterocycles. The summed E-state index contributed by atoms with van der Waals surface area (Å²) in [6, 6.07) is 6.39. The number of guanidine groups is 1. The Bertz CT molecular complexity index is 515. The molecule has 0 fully saturated rings. The van der Waals surface area contributed by atoms with E-state index >= 15 is 0 Å². The van der Waals surface area contributed by atoms with E-state index in [2.05, 4.69) is 22.2 Å². The largest absolute Gasteiger partial charge is 0.353 e. The molecule has 0 heterocycles. The lowest BCUT2D eigenvalue weighted by atomic mass is 10.1. The van der Waals surface area contributed by atoms with Crippen LogP contribution in [0, 0.1) is 10.1 Å². The molecule has 2 N–H and O–H groups in total. The fourth-order valence-corrected chi connectivity index (χ4v) is 1.56. The molecule has 0 aliphatic carbocycles. The van der Waals surface area contributed by atoms with Crippen LogP contribution in [-0.4, -0.2) is 23.0 Å². The molecule has 1 aromatic carbocycles. The lowest BCUT2D eigenvalue weighted by Crippen LogP contribution is -2.47. The molecule has 6 heteroatoms. The topological polar surface area (TPSA) is 79.6 Å². The highest BCUT2D eigenvalue weighted by Gasteiger charge is 2.11. The van der Waals surface area contributed by atoms with Crippen molar-refractivity contribution in [3.63, 3.8) is 0 Å². The Morgan fingerprint density at radius 1 is 1.38 bits per heavy atom. The zero-order valence-corrected chi connectivity index (χ0v) is 12.7. The smallest absolute Gasteiger partial charge is 0.269 e. The van der Waals surface area contributed by atoms with Gasteiger partial charge in [0, 0.05) is 24.2 Å². The van der Waals surface area contributed by atoms with Gasteiger partial charge in [-0.15, -0.1) is 6.58 Å². The first-order valence-electron chi connectivity index (χ1n) is 6.72. The predicted molar refractivity (Wildman–Crippen MR) is 85.3 cm³/mol. The summed E-state index contributed by atoms with van der Waals surface area (Å²) in [5.74, 6) is 0.681. The summed E-state index contributed by atoms with van der Waals surface area (Å²) in [4.78, 5) is 14.7. The van der Waals surface area contributed by atoms with Gasteiger partial charge in [-0.1, -0.05) is 18.2 Å². The molecule has 0 saturated carbocycles. The minimum absolute atomic E-state index is 0.0838. The van der Waals surface area contributed by atoms with Crippen molar-refractivity contribution in [1.29, 1.82) is 0 Å². The molecular formula is C15H22N4O2. The number of nitro groups is 1. The predicted octanol–water partition coefficient (Wildman–Crippen LogP) is 2.61. The summed E-state index contributed by atoms with van der Waals surface area (Å²) in [5.41, 5.74) is 0.886. The Morgan fingerprint density at radius 3 is 2.48 bits per heavy atom. The van der Waals surface area contributed by atoms with Gasteiger partial charge in [0.25, 0.3) is 5.69 Å². The third kappa shape index (κ3) is 6.56. The second kappa shape index (κ2) is 7.42. The minimum Gasteiger partial charge on any atom is -0.353 e. The van der Waals surface area contributed by atoms with Crippen molar-refractivity contribution in [1.82, 2.24) is 10.6 Å². The van der Waals surface area contributed by atoms with Gasteiger partial charge in [0.05, 0.1) is 11.5 Å². The number of hydrogen-bond acceptors (Lipinski definition) is 3. The summed E-state index contributed by atoms with van der Waals surface area (Å²) in [7, 11) is 0. The zero-order chi connectivity index (χ0) is 15.9. The quantitative estimate of drug-likeness (QED) is 0.287. The Hall–Kier alpha value is -2.37. The summed E-state index contributed by atoms with van der Waals surface area (Å²) in [6.45, 7) is 10.9. The van der Waals surface area contributed by atoms with Gasteiger partial charge in [0.2, 0.25) is 0 Å². The normalized spacial score (nSPS) is 11.9. The van der Waals surface area contributed by atoms with E-state index in [-0.39, 0.29) is 11.2 Å². The molecule has 21 heavy (non-hydrogen) atoms. The monoisotopic (exact) mass is 290 g/mol. The van der Waals surface area contributed by atoms with Gasteiger partial charge in [0.15, 0.2) is 5.96 Å². The van der Waals surface area contributed by atoms with Crippen molar-refractivity contribution in [2.24, 2.45) is 4.99 Å². The SMILES string of the molecule is C=CCNC(=NCc1ccc([N+](=O)[O-])cc1)NC(C)(C)C. The van der Waals surface area contributed by atoms with Crippen LogP contribution in [0.15, 0.2) is 41.9 Å². The first-order chi connectivity index (χ1) is 9.81. The van der Waals surface area contributed by atoms with Crippen molar-refractivity contribution in [3.8, 4) is 0 Å². The molecule has 0 spiro atoms. The highest BCUT2D eigenvalue weighted by Crippen LogP contribution is 2.12. The van der Waals surface area contributed by atoms with E-state index in [1.807, 2.05) is 20.8 Å². The zero-order valence-electron chi connectivity index (χ0n) is 12.7. The molecule has 114 valence electrons. The summed E-state index contributed by atoms with van der Waals surface area (Å²) in [6.07, 6.45) is 1.76. The Morgan fingerprint density at radius 2 is 2.00 bits per heavy atom. The van der Waals surface area contributed by atoms with Crippen LogP contribution in [0.3, 0.4) is 0 Å². The van der Waals surface area contributed by atoms with Gasteiger partial charge in [0.1, 0.15) is 0 Å². The molecule has 0 saturated heterocycles. The Labute approximate surface area is 125 Å². The first-order valence-corrected chi connectivity index (χ1v) is 6.72. The van der Waals surface area contributed by atoms with Crippen molar-refractivity contribution >= 4 is 11.6 Å². The van der Waals surface area contributed by atoms with Crippen LogP contribution in [-0.2, 0) is 6.54 Å². The lowest BCUT2D eigenvalue weighted by molar-refractivity contribution is -0.384. The maximum atomic E-state index is 10.6. The molecule has 1 aromatic rings. The highest BCUT2D eigenvalue weighted by atomic mass is 16.6.